The minimum absolute atomic E-state index is 0.115. The zero-order valence-electron chi connectivity index (χ0n) is 11.7. The van der Waals surface area contributed by atoms with E-state index in [9.17, 15) is 14.0 Å². The Labute approximate surface area is 127 Å². The molecule has 7 heteroatoms. The van der Waals surface area contributed by atoms with Gasteiger partial charge in [0.15, 0.2) is 6.61 Å². The van der Waals surface area contributed by atoms with E-state index in [1.165, 1.54) is 12.1 Å². The minimum Gasteiger partial charge on any atom is -0.484 e. The molecule has 1 aromatic rings. The molecule has 2 atom stereocenters. The van der Waals surface area contributed by atoms with Crippen LogP contribution >= 0.6 is 11.6 Å². The van der Waals surface area contributed by atoms with Gasteiger partial charge in [0.25, 0.3) is 5.91 Å². The van der Waals surface area contributed by atoms with E-state index >= 15 is 0 Å². The average molecular weight is 318 g/mol. The Morgan fingerprint density at radius 2 is 2.14 bits per heavy atom. The fourth-order valence-corrected chi connectivity index (χ4v) is 1.78. The summed E-state index contributed by atoms with van der Waals surface area (Å²) in [4.78, 5) is 22.8. The molecule has 0 aliphatic carbocycles. The van der Waals surface area contributed by atoms with Gasteiger partial charge in [-0.1, -0.05) is 31.9 Å². The van der Waals surface area contributed by atoms with Crippen molar-refractivity contribution < 1.29 is 23.8 Å². The van der Waals surface area contributed by atoms with Crippen LogP contribution in [0.2, 0.25) is 5.02 Å². The number of carbonyl (C=O) groups is 2. The highest BCUT2D eigenvalue weighted by Crippen LogP contribution is 2.20. The second-order valence-corrected chi connectivity index (χ2v) is 5.04. The first-order valence-corrected chi connectivity index (χ1v) is 6.83. The summed E-state index contributed by atoms with van der Waals surface area (Å²) < 4.78 is 18.1. The Kier molecular flexibility index (Phi) is 6.42. The summed E-state index contributed by atoms with van der Waals surface area (Å²) in [6.45, 7) is 3.20. The average Bonchev–Trinajstić information content (AvgIpc) is 2.44. The third-order valence-electron chi connectivity index (χ3n) is 3.06. The summed E-state index contributed by atoms with van der Waals surface area (Å²) in [6, 6.07) is 2.73. The third-order valence-corrected chi connectivity index (χ3v) is 3.35. The highest BCUT2D eigenvalue weighted by atomic mass is 35.5. The first-order valence-electron chi connectivity index (χ1n) is 6.45. The fourth-order valence-electron chi connectivity index (χ4n) is 1.61. The van der Waals surface area contributed by atoms with Crippen molar-refractivity contribution >= 4 is 23.5 Å². The van der Waals surface area contributed by atoms with Crippen LogP contribution in [0.5, 0.6) is 5.75 Å². The van der Waals surface area contributed by atoms with Gasteiger partial charge in [-0.05, 0) is 18.1 Å². The molecule has 0 fully saturated rings. The molecule has 1 rings (SSSR count). The van der Waals surface area contributed by atoms with Crippen molar-refractivity contribution in [3.63, 3.8) is 0 Å². The molecule has 1 aromatic carbocycles. The summed E-state index contributed by atoms with van der Waals surface area (Å²) in [5, 5.41) is 11.3. The molecule has 0 saturated heterocycles. The van der Waals surface area contributed by atoms with E-state index in [0.29, 0.717) is 6.42 Å². The lowest BCUT2D eigenvalue weighted by Gasteiger charge is -2.20. The predicted molar refractivity (Wildman–Crippen MR) is 75.9 cm³/mol. The van der Waals surface area contributed by atoms with Gasteiger partial charge in [-0.3, -0.25) is 4.79 Å². The molecule has 0 radical (unpaired) electrons. The van der Waals surface area contributed by atoms with Crippen LogP contribution in [-0.2, 0) is 9.59 Å². The van der Waals surface area contributed by atoms with Crippen LogP contribution in [0.4, 0.5) is 4.39 Å². The Morgan fingerprint density at radius 3 is 2.67 bits per heavy atom. The van der Waals surface area contributed by atoms with Gasteiger partial charge in [0.05, 0.1) is 5.02 Å². The van der Waals surface area contributed by atoms with Crippen molar-refractivity contribution in [1.29, 1.82) is 0 Å². The molecule has 0 aliphatic rings. The van der Waals surface area contributed by atoms with E-state index in [0.717, 1.165) is 6.07 Å². The molecule has 2 unspecified atom stereocenters. The number of carbonyl (C=O) groups excluding carboxylic acids is 1. The SMILES string of the molecule is CCC(C)C(NC(=O)COc1ccc(F)c(Cl)c1)C(=O)O. The monoisotopic (exact) mass is 317 g/mol. The summed E-state index contributed by atoms with van der Waals surface area (Å²) in [5.74, 6) is -2.22. The van der Waals surface area contributed by atoms with Gasteiger partial charge in [-0.25, -0.2) is 9.18 Å². The van der Waals surface area contributed by atoms with Crippen LogP contribution < -0.4 is 10.1 Å². The third kappa shape index (κ3) is 5.23. The highest BCUT2D eigenvalue weighted by molar-refractivity contribution is 6.30. The molecule has 116 valence electrons. The Morgan fingerprint density at radius 1 is 1.48 bits per heavy atom. The smallest absolute Gasteiger partial charge is 0.326 e. The zero-order chi connectivity index (χ0) is 16.0. The molecule has 0 heterocycles. The number of halogens is 2. The summed E-state index contributed by atoms with van der Waals surface area (Å²) in [7, 11) is 0. The van der Waals surface area contributed by atoms with Gasteiger partial charge < -0.3 is 15.2 Å². The molecule has 2 N–H and O–H groups in total. The van der Waals surface area contributed by atoms with Crippen LogP contribution in [-0.4, -0.2) is 29.6 Å². The number of aliphatic carboxylic acids is 1. The van der Waals surface area contributed by atoms with Crippen LogP contribution in [0.1, 0.15) is 20.3 Å². The molecule has 1 amide bonds. The number of rotatable bonds is 7. The summed E-state index contributed by atoms with van der Waals surface area (Å²) in [5.41, 5.74) is 0. The number of hydrogen-bond donors (Lipinski definition) is 2. The van der Waals surface area contributed by atoms with Gasteiger partial charge in [0.1, 0.15) is 17.6 Å². The summed E-state index contributed by atoms with van der Waals surface area (Å²) in [6.07, 6.45) is 0.617. The molecule has 0 aliphatic heterocycles. The molecule has 21 heavy (non-hydrogen) atoms. The molecule has 0 aromatic heterocycles. The largest absolute Gasteiger partial charge is 0.484 e. The lowest BCUT2D eigenvalue weighted by atomic mass is 9.99. The van der Waals surface area contributed by atoms with Crippen LogP contribution in [0.3, 0.4) is 0 Å². The van der Waals surface area contributed by atoms with Gasteiger partial charge in [-0.15, -0.1) is 0 Å². The lowest BCUT2D eigenvalue weighted by molar-refractivity contribution is -0.143. The van der Waals surface area contributed by atoms with Crippen molar-refractivity contribution in [3.05, 3.63) is 29.0 Å². The maximum absolute atomic E-state index is 13.0. The normalized spacial score (nSPS) is 13.3. The van der Waals surface area contributed by atoms with Crippen molar-refractivity contribution in [2.45, 2.75) is 26.3 Å². The maximum Gasteiger partial charge on any atom is 0.326 e. The van der Waals surface area contributed by atoms with Gasteiger partial charge >= 0.3 is 5.97 Å². The molecular weight excluding hydrogens is 301 g/mol. The Balaban J connectivity index is 2.56. The quantitative estimate of drug-likeness (QED) is 0.810. The maximum atomic E-state index is 13.0. The number of carboxylic acid groups (broad SMARTS) is 1. The Hall–Kier alpha value is -1.82. The molecule has 0 saturated carbocycles. The number of benzene rings is 1. The van der Waals surface area contributed by atoms with Crippen LogP contribution in [0, 0.1) is 11.7 Å². The van der Waals surface area contributed by atoms with E-state index in [1.54, 1.807) is 6.92 Å². The number of amides is 1. The second kappa shape index (κ2) is 7.83. The standard InChI is InChI=1S/C14H17ClFNO4/c1-3-8(2)13(14(19)20)17-12(18)7-21-9-4-5-11(16)10(15)6-9/h4-6,8,13H,3,7H2,1-2H3,(H,17,18)(H,19,20). The minimum atomic E-state index is -1.09. The van der Waals surface area contributed by atoms with Crippen molar-refractivity contribution in [2.24, 2.45) is 5.92 Å². The molecular formula is C14H17ClFNO4. The van der Waals surface area contributed by atoms with Crippen LogP contribution in [0.25, 0.3) is 0 Å². The highest BCUT2D eigenvalue weighted by Gasteiger charge is 2.25. The van der Waals surface area contributed by atoms with E-state index in [4.69, 9.17) is 21.4 Å². The predicted octanol–water partition coefficient (Wildman–Crippen LogP) is 2.47. The molecule has 5 nitrogen and oxygen atoms in total. The zero-order valence-corrected chi connectivity index (χ0v) is 12.5. The number of nitrogens with one attached hydrogen (secondary N) is 1. The van der Waals surface area contributed by atoms with Gasteiger partial charge in [-0.2, -0.15) is 0 Å². The first kappa shape index (κ1) is 17.2. The number of ether oxygens (including phenoxy) is 1. The number of hydrogen-bond acceptors (Lipinski definition) is 3. The van der Waals surface area contributed by atoms with Gasteiger partial charge in [0, 0.05) is 6.07 Å². The van der Waals surface area contributed by atoms with Crippen molar-refractivity contribution in [1.82, 2.24) is 5.32 Å². The van der Waals surface area contributed by atoms with Crippen molar-refractivity contribution in [3.8, 4) is 5.75 Å². The second-order valence-electron chi connectivity index (χ2n) is 4.63. The van der Waals surface area contributed by atoms with E-state index in [-0.39, 0.29) is 23.3 Å². The fraction of sp³-hybridized carbons (Fsp3) is 0.429. The summed E-state index contributed by atoms with van der Waals surface area (Å²) >= 11 is 5.58. The molecule has 0 bridgehead atoms. The van der Waals surface area contributed by atoms with E-state index in [1.807, 2.05) is 6.92 Å². The topological polar surface area (TPSA) is 75.6 Å². The Bertz CT molecular complexity index is 524. The van der Waals surface area contributed by atoms with Crippen molar-refractivity contribution in [2.75, 3.05) is 6.61 Å². The number of carboxylic acids is 1. The lowest BCUT2D eigenvalue weighted by Crippen LogP contribution is -2.46. The molecule has 0 spiro atoms. The van der Waals surface area contributed by atoms with Gasteiger partial charge in [0.2, 0.25) is 0 Å². The van der Waals surface area contributed by atoms with E-state index < -0.39 is 23.7 Å². The first-order chi connectivity index (χ1) is 9.85. The van der Waals surface area contributed by atoms with E-state index in [2.05, 4.69) is 5.32 Å². The van der Waals surface area contributed by atoms with Crippen LogP contribution in [0.15, 0.2) is 18.2 Å².